The summed E-state index contributed by atoms with van der Waals surface area (Å²) in [5, 5.41) is 0. The summed E-state index contributed by atoms with van der Waals surface area (Å²) < 4.78 is 22.8. The predicted molar refractivity (Wildman–Crippen MR) is 137 cm³/mol. The number of carbonyl (C=O) groups excluding carboxylic acids is 4. The molecule has 2 rings (SSSR count). The normalized spacial score (nSPS) is 11.4. The molecule has 0 bridgehead atoms. The summed E-state index contributed by atoms with van der Waals surface area (Å²) >= 11 is 0. The molecule has 2 aromatic heterocycles. The fourth-order valence-electron chi connectivity index (χ4n) is 2.53. The number of esters is 2. The van der Waals surface area contributed by atoms with Crippen molar-refractivity contribution in [2.75, 3.05) is 13.2 Å². The standard InChI is InChI=1S/2C13H17N2O4.Y/c2*1-4-5-11(8-18-12(16)10(2)3)19-13(17)15-7-6-14-9-15;/h2*6-7,9,11H,1-2,4-5,8H2,3H3;/q2*-1;. The van der Waals surface area contributed by atoms with Crippen LogP contribution < -0.4 is 0 Å². The molecule has 0 fully saturated rings. The van der Waals surface area contributed by atoms with Gasteiger partial charge in [0.1, 0.15) is 38.1 Å². The molecule has 0 aromatic carbocycles. The van der Waals surface area contributed by atoms with E-state index in [1.165, 1.54) is 46.6 Å². The summed E-state index contributed by atoms with van der Waals surface area (Å²) in [5.74, 6) is -1.01. The maximum atomic E-state index is 11.7. The van der Waals surface area contributed by atoms with Gasteiger partial charge in [0.15, 0.2) is 0 Å². The largest absolute Gasteiger partial charge is 0.458 e. The number of nitrogens with zero attached hydrogens (tertiary/aromatic N) is 4. The third-order valence-corrected chi connectivity index (χ3v) is 4.52. The van der Waals surface area contributed by atoms with Gasteiger partial charge < -0.3 is 32.8 Å². The van der Waals surface area contributed by atoms with E-state index < -0.39 is 36.3 Å². The second kappa shape index (κ2) is 19.9. The fourth-order valence-corrected chi connectivity index (χ4v) is 2.53. The maximum Gasteiger partial charge on any atom is 0.419 e. The SMILES string of the molecule is C=C(C)C(=O)OCC(CC[CH2-])OC(=O)n1ccnc1.C=C(C)C(=O)OCC(CC[CH2-])OC(=O)n1ccnc1.[Y]. The number of hydrogen-bond donors (Lipinski definition) is 0. The summed E-state index contributed by atoms with van der Waals surface area (Å²) in [5.41, 5.74) is 0.601. The molecule has 13 heteroatoms. The summed E-state index contributed by atoms with van der Waals surface area (Å²) in [7, 11) is 0. The van der Waals surface area contributed by atoms with Crippen LogP contribution in [0.5, 0.6) is 0 Å². The number of rotatable bonds is 12. The van der Waals surface area contributed by atoms with Crippen LogP contribution in [0.15, 0.2) is 61.7 Å². The molecule has 0 spiro atoms. The van der Waals surface area contributed by atoms with Crippen molar-refractivity contribution in [2.24, 2.45) is 0 Å². The van der Waals surface area contributed by atoms with E-state index in [0.29, 0.717) is 36.8 Å². The van der Waals surface area contributed by atoms with Crippen molar-refractivity contribution in [2.45, 2.75) is 51.7 Å². The Kier molecular flexibility index (Phi) is 18.3. The summed E-state index contributed by atoms with van der Waals surface area (Å²) in [6.45, 7) is 17.4. The van der Waals surface area contributed by atoms with Crippen molar-refractivity contribution in [3.63, 3.8) is 0 Å². The van der Waals surface area contributed by atoms with Gasteiger partial charge in [0, 0.05) is 68.6 Å². The Bertz CT molecular complexity index is 970. The van der Waals surface area contributed by atoms with Gasteiger partial charge in [0.05, 0.1) is 0 Å². The number of imidazole rings is 2. The molecule has 0 saturated carbocycles. The Morgan fingerprint density at radius 3 is 1.38 bits per heavy atom. The molecule has 0 amide bonds. The van der Waals surface area contributed by atoms with Gasteiger partial charge in [-0.1, -0.05) is 13.2 Å². The molecule has 0 aliphatic carbocycles. The minimum Gasteiger partial charge on any atom is -0.458 e. The number of carbonyl (C=O) groups is 4. The zero-order valence-electron chi connectivity index (χ0n) is 22.3. The molecule has 211 valence electrons. The van der Waals surface area contributed by atoms with Gasteiger partial charge in [-0.15, -0.1) is 0 Å². The molecule has 0 aliphatic rings. The van der Waals surface area contributed by atoms with Crippen LogP contribution >= 0.6 is 0 Å². The Balaban J connectivity index is 0.000000722. The second-order valence-electron chi connectivity index (χ2n) is 7.99. The third-order valence-electron chi connectivity index (χ3n) is 4.52. The van der Waals surface area contributed by atoms with Crippen molar-refractivity contribution in [1.29, 1.82) is 0 Å². The van der Waals surface area contributed by atoms with E-state index in [-0.39, 0.29) is 45.9 Å². The van der Waals surface area contributed by atoms with Gasteiger partial charge in [-0.3, -0.25) is 0 Å². The average molecular weight is 619 g/mol. The molecular weight excluding hydrogens is 585 g/mol. The first kappa shape index (κ1) is 35.9. The molecule has 0 N–H and O–H groups in total. The maximum absolute atomic E-state index is 11.7. The van der Waals surface area contributed by atoms with Crippen molar-refractivity contribution in [1.82, 2.24) is 19.1 Å². The van der Waals surface area contributed by atoms with Crippen molar-refractivity contribution < 1.29 is 70.8 Å². The van der Waals surface area contributed by atoms with Crippen LogP contribution in [0, 0.1) is 13.8 Å². The first-order chi connectivity index (χ1) is 18.1. The quantitative estimate of drug-likeness (QED) is 0.149. The first-order valence-corrected chi connectivity index (χ1v) is 11.7. The van der Waals surface area contributed by atoms with Gasteiger partial charge in [-0.25, -0.2) is 38.3 Å². The first-order valence-electron chi connectivity index (χ1n) is 11.7. The van der Waals surface area contributed by atoms with Gasteiger partial charge in [0.25, 0.3) is 0 Å². The van der Waals surface area contributed by atoms with E-state index in [1.54, 1.807) is 13.8 Å². The predicted octanol–water partition coefficient (Wildman–Crippen LogP) is 3.94. The molecule has 12 nitrogen and oxygen atoms in total. The van der Waals surface area contributed by atoms with Crippen LogP contribution in [0.2, 0.25) is 0 Å². The molecule has 2 unspecified atom stereocenters. The summed E-state index contributed by atoms with van der Waals surface area (Å²) in [6.07, 6.45) is 8.50. The Morgan fingerprint density at radius 1 is 0.769 bits per heavy atom. The molecule has 0 saturated heterocycles. The van der Waals surface area contributed by atoms with E-state index in [9.17, 15) is 19.2 Å². The van der Waals surface area contributed by atoms with Gasteiger partial charge in [0.2, 0.25) is 0 Å². The van der Waals surface area contributed by atoms with Crippen molar-refractivity contribution in [3.05, 3.63) is 75.6 Å². The van der Waals surface area contributed by atoms with Gasteiger partial charge >= 0.3 is 24.1 Å². The van der Waals surface area contributed by atoms with Crippen molar-refractivity contribution >= 4 is 24.1 Å². The Labute approximate surface area is 253 Å². The number of ether oxygens (including phenoxy) is 4. The van der Waals surface area contributed by atoms with Crippen LogP contribution in [-0.2, 0) is 61.2 Å². The molecule has 1 radical (unpaired) electrons. The van der Waals surface area contributed by atoms with Gasteiger partial charge in [-0.2, -0.15) is 12.8 Å². The molecular formula is C26H34N4O8Y-2. The fraction of sp³-hybridized carbons (Fsp3) is 0.385. The van der Waals surface area contributed by atoms with E-state index in [1.807, 2.05) is 0 Å². The van der Waals surface area contributed by atoms with E-state index in [2.05, 4.69) is 37.0 Å². The third kappa shape index (κ3) is 14.6. The topological polar surface area (TPSA) is 141 Å². The Morgan fingerprint density at radius 2 is 1.13 bits per heavy atom. The smallest absolute Gasteiger partial charge is 0.419 e. The van der Waals surface area contributed by atoms with Crippen LogP contribution in [0.1, 0.15) is 39.5 Å². The molecule has 2 atom stereocenters. The van der Waals surface area contributed by atoms with Crippen LogP contribution in [0.25, 0.3) is 0 Å². The van der Waals surface area contributed by atoms with E-state index in [4.69, 9.17) is 18.9 Å². The monoisotopic (exact) mass is 619 g/mol. The zero-order valence-corrected chi connectivity index (χ0v) is 25.2. The van der Waals surface area contributed by atoms with Crippen LogP contribution in [-0.4, -0.2) is 68.6 Å². The second-order valence-corrected chi connectivity index (χ2v) is 7.99. The van der Waals surface area contributed by atoms with Crippen LogP contribution in [0.4, 0.5) is 9.59 Å². The Hall–Kier alpha value is -3.12. The number of aromatic nitrogens is 4. The van der Waals surface area contributed by atoms with Crippen molar-refractivity contribution in [3.8, 4) is 0 Å². The molecule has 0 aliphatic heterocycles. The average Bonchev–Trinajstić information content (AvgIpc) is 3.61. The van der Waals surface area contributed by atoms with E-state index >= 15 is 0 Å². The minimum absolute atomic E-state index is 0. The van der Waals surface area contributed by atoms with Gasteiger partial charge in [-0.05, 0) is 26.7 Å². The molecule has 2 heterocycles. The molecule has 2 aromatic rings. The zero-order chi connectivity index (χ0) is 28.5. The van der Waals surface area contributed by atoms with E-state index in [0.717, 1.165) is 0 Å². The molecule has 39 heavy (non-hydrogen) atoms. The number of hydrogen-bond acceptors (Lipinski definition) is 10. The summed E-state index contributed by atoms with van der Waals surface area (Å²) in [6, 6.07) is 0. The van der Waals surface area contributed by atoms with Crippen LogP contribution in [0.3, 0.4) is 0 Å². The summed E-state index contributed by atoms with van der Waals surface area (Å²) in [4.78, 5) is 53.4. The minimum atomic E-state index is -0.567.